The van der Waals surface area contributed by atoms with Crippen LogP contribution in [0.5, 0.6) is 0 Å². The van der Waals surface area contributed by atoms with Gasteiger partial charge in [0.2, 0.25) is 5.91 Å². The van der Waals surface area contributed by atoms with Gasteiger partial charge in [0.05, 0.1) is 17.5 Å². The number of carbonyl (C=O) groups is 1. The fourth-order valence-corrected chi connectivity index (χ4v) is 2.33. The fourth-order valence-electron chi connectivity index (χ4n) is 2.33. The third-order valence-electron chi connectivity index (χ3n) is 3.43. The van der Waals surface area contributed by atoms with Crippen molar-refractivity contribution in [1.29, 1.82) is 0 Å². The zero-order valence-electron chi connectivity index (χ0n) is 11.6. The number of aromatic nitrogens is 2. The quantitative estimate of drug-likeness (QED) is 0.706. The molecule has 1 aromatic heterocycles. The van der Waals surface area contributed by atoms with Gasteiger partial charge in [0.25, 0.3) is 0 Å². The summed E-state index contributed by atoms with van der Waals surface area (Å²) in [6, 6.07) is 12.7. The number of hydrogen-bond acceptors (Lipinski definition) is 3. The maximum Gasteiger partial charge on any atom is 0.333 e. The highest BCUT2D eigenvalue weighted by Crippen LogP contribution is 2.15. The van der Waals surface area contributed by atoms with Gasteiger partial charge in [0.15, 0.2) is 0 Å². The van der Waals surface area contributed by atoms with Gasteiger partial charge in [-0.05, 0) is 30.7 Å². The van der Waals surface area contributed by atoms with Gasteiger partial charge in [0, 0.05) is 5.69 Å². The first-order chi connectivity index (χ1) is 10.0. The van der Waals surface area contributed by atoms with Crippen LogP contribution < -0.4 is 11.4 Å². The molecular formula is C16H15N3O2. The summed E-state index contributed by atoms with van der Waals surface area (Å²) in [5.74, 6) is -0.277. The number of benzene rings is 2. The van der Waals surface area contributed by atoms with Crippen LogP contribution in [-0.2, 0) is 6.42 Å². The van der Waals surface area contributed by atoms with Crippen molar-refractivity contribution in [2.45, 2.75) is 13.3 Å². The number of aromatic amines is 1. The second kappa shape index (κ2) is 4.94. The molecule has 0 spiro atoms. The molecule has 0 amide bonds. The van der Waals surface area contributed by atoms with Gasteiger partial charge in [-0.25, -0.2) is 9.36 Å². The van der Waals surface area contributed by atoms with Crippen LogP contribution in [0.1, 0.15) is 15.9 Å². The molecule has 5 nitrogen and oxygen atoms in total. The lowest BCUT2D eigenvalue weighted by atomic mass is 10.1. The van der Waals surface area contributed by atoms with Crippen LogP contribution in [0.3, 0.4) is 0 Å². The molecule has 0 unspecified atom stereocenters. The molecule has 0 aliphatic carbocycles. The minimum absolute atomic E-state index is 0.169. The van der Waals surface area contributed by atoms with E-state index in [4.69, 9.17) is 5.73 Å². The second-order valence-electron chi connectivity index (χ2n) is 5.10. The highest BCUT2D eigenvalue weighted by molar-refractivity contribution is 5.92. The summed E-state index contributed by atoms with van der Waals surface area (Å²) in [7, 11) is 0. The molecule has 0 aliphatic heterocycles. The van der Waals surface area contributed by atoms with E-state index in [0.29, 0.717) is 16.7 Å². The molecule has 0 aliphatic rings. The third kappa shape index (κ3) is 2.45. The van der Waals surface area contributed by atoms with Crippen molar-refractivity contribution < 1.29 is 4.79 Å². The Morgan fingerprint density at radius 1 is 1.19 bits per heavy atom. The monoisotopic (exact) mass is 281 g/mol. The van der Waals surface area contributed by atoms with Gasteiger partial charge in [0.1, 0.15) is 0 Å². The molecule has 0 saturated heterocycles. The summed E-state index contributed by atoms with van der Waals surface area (Å²) >= 11 is 0. The summed E-state index contributed by atoms with van der Waals surface area (Å²) in [5.41, 5.74) is 8.92. The van der Waals surface area contributed by atoms with Crippen LogP contribution in [0.25, 0.3) is 11.0 Å². The van der Waals surface area contributed by atoms with E-state index in [1.54, 1.807) is 18.2 Å². The average molecular weight is 281 g/mol. The van der Waals surface area contributed by atoms with Crippen LogP contribution in [0, 0.1) is 6.92 Å². The smallest absolute Gasteiger partial charge is 0.333 e. The lowest BCUT2D eigenvalue weighted by molar-refractivity contribution is 0.0915. The molecule has 0 bridgehead atoms. The van der Waals surface area contributed by atoms with E-state index in [1.807, 2.05) is 31.2 Å². The van der Waals surface area contributed by atoms with Crippen LogP contribution in [0.15, 0.2) is 47.3 Å². The largest absolute Gasteiger partial charge is 0.399 e. The molecule has 0 saturated carbocycles. The number of nitrogens with two attached hydrogens (primary N) is 1. The van der Waals surface area contributed by atoms with Crippen LogP contribution in [0.4, 0.5) is 5.69 Å². The molecule has 21 heavy (non-hydrogen) atoms. The third-order valence-corrected chi connectivity index (χ3v) is 3.43. The van der Waals surface area contributed by atoms with E-state index >= 15 is 0 Å². The topological polar surface area (TPSA) is 80.9 Å². The number of aryl methyl sites for hydroxylation is 1. The summed E-state index contributed by atoms with van der Waals surface area (Å²) in [5, 5.41) is 0. The van der Waals surface area contributed by atoms with Gasteiger partial charge in [-0.1, -0.05) is 29.8 Å². The number of nitrogens with one attached hydrogen (secondary N) is 1. The van der Waals surface area contributed by atoms with Gasteiger partial charge in [-0.15, -0.1) is 0 Å². The Labute approximate surface area is 121 Å². The summed E-state index contributed by atoms with van der Waals surface area (Å²) in [6.45, 7) is 1.98. The molecule has 5 heteroatoms. The maximum absolute atomic E-state index is 12.4. The molecule has 3 aromatic rings. The number of nitrogens with zero attached hydrogens (tertiary/aromatic N) is 1. The Morgan fingerprint density at radius 2 is 1.90 bits per heavy atom. The summed E-state index contributed by atoms with van der Waals surface area (Å²) in [6.07, 6.45) is 0.169. The molecule has 3 N–H and O–H groups in total. The number of anilines is 1. The van der Waals surface area contributed by atoms with E-state index in [2.05, 4.69) is 4.98 Å². The number of hydrogen-bond donors (Lipinski definition) is 2. The SMILES string of the molecule is Cc1ccc(CC(=O)n2c(=O)[nH]c3ccc(N)cc32)cc1. The second-order valence-corrected chi connectivity index (χ2v) is 5.10. The van der Waals surface area contributed by atoms with Crippen LogP contribution >= 0.6 is 0 Å². The Kier molecular flexibility index (Phi) is 3.10. The average Bonchev–Trinajstić information content (AvgIpc) is 2.76. The number of rotatable bonds is 2. The van der Waals surface area contributed by atoms with Crippen molar-refractivity contribution in [2.75, 3.05) is 5.73 Å². The maximum atomic E-state index is 12.4. The highest BCUT2D eigenvalue weighted by Gasteiger charge is 2.14. The van der Waals surface area contributed by atoms with Crippen molar-refractivity contribution in [2.24, 2.45) is 0 Å². The lowest BCUT2D eigenvalue weighted by Crippen LogP contribution is -2.25. The molecule has 0 radical (unpaired) electrons. The molecular weight excluding hydrogens is 266 g/mol. The standard InChI is InChI=1S/C16H15N3O2/c1-10-2-4-11(5-3-10)8-15(20)19-14-9-12(17)6-7-13(14)18-16(19)21/h2-7,9H,8,17H2,1H3,(H,18,21). The van der Waals surface area contributed by atoms with Gasteiger partial charge in [-0.3, -0.25) is 4.79 Å². The van der Waals surface area contributed by atoms with Crippen molar-refractivity contribution in [1.82, 2.24) is 9.55 Å². The first-order valence-corrected chi connectivity index (χ1v) is 6.63. The van der Waals surface area contributed by atoms with E-state index in [1.165, 1.54) is 0 Å². The lowest BCUT2D eigenvalue weighted by Gasteiger charge is -2.04. The Bertz CT molecular complexity index is 873. The van der Waals surface area contributed by atoms with Gasteiger partial charge < -0.3 is 10.7 Å². The van der Waals surface area contributed by atoms with Crippen molar-refractivity contribution in [3.05, 3.63) is 64.1 Å². The minimum atomic E-state index is -0.437. The number of H-pyrrole nitrogens is 1. The molecule has 106 valence electrons. The molecule has 1 heterocycles. The number of nitrogen functional groups attached to an aromatic ring is 1. The molecule has 2 aromatic carbocycles. The number of carbonyl (C=O) groups excluding carboxylic acids is 1. The van der Waals surface area contributed by atoms with Gasteiger partial charge in [-0.2, -0.15) is 0 Å². The van der Waals surface area contributed by atoms with Crippen molar-refractivity contribution >= 4 is 22.6 Å². The minimum Gasteiger partial charge on any atom is -0.399 e. The van der Waals surface area contributed by atoms with Crippen LogP contribution in [-0.4, -0.2) is 15.5 Å². The number of imidazole rings is 1. The first-order valence-electron chi connectivity index (χ1n) is 6.63. The van der Waals surface area contributed by atoms with E-state index < -0.39 is 5.69 Å². The van der Waals surface area contributed by atoms with E-state index in [-0.39, 0.29) is 12.3 Å². The Balaban J connectivity index is 2.01. The predicted molar refractivity (Wildman–Crippen MR) is 82.5 cm³/mol. The molecule has 3 rings (SSSR count). The normalized spacial score (nSPS) is 10.9. The zero-order valence-corrected chi connectivity index (χ0v) is 11.6. The zero-order chi connectivity index (χ0) is 15.0. The highest BCUT2D eigenvalue weighted by atomic mass is 16.2. The molecule has 0 fully saturated rings. The predicted octanol–water partition coefficient (Wildman–Crippen LogP) is 2.10. The first kappa shape index (κ1) is 13.2. The van der Waals surface area contributed by atoms with Crippen molar-refractivity contribution in [3.63, 3.8) is 0 Å². The van der Waals surface area contributed by atoms with Crippen LogP contribution in [0.2, 0.25) is 0 Å². The fraction of sp³-hybridized carbons (Fsp3) is 0.125. The summed E-state index contributed by atoms with van der Waals surface area (Å²) in [4.78, 5) is 27.1. The Hall–Kier alpha value is -2.82. The Morgan fingerprint density at radius 3 is 2.62 bits per heavy atom. The number of fused-ring (bicyclic) bond motifs is 1. The molecule has 0 atom stereocenters. The van der Waals surface area contributed by atoms with Crippen molar-refractivity contribution in [3.8, 4) is 0 Å². The van der Waals surface area contributed by atoms with E-state index in [9.17, 15) is 9.59 Å². The van der Waals surface area contributed by atoms with Gasteiger partial charge >= 0.3 is 5.69 Å². The summed E-state index contributed by atoms with van der Waals surface area (Å²) < 4.78 is 1.14. The van der Waals surface area contributed by atoms with E-state index in [0.717, 1.165) is 15.7 Å².